The van der Waals surface area contributed by atoms with Gasteiger partial charge in [0.2, 0.25) is 5.91 Å². The first-order valence-corrected chi connectivity index (χ1v) is 8.85. The normalized spacial score (nSPS) is 23.4. The highest BCUT2D eigenvalue weighted by Gasteiger charge is 2.27. The Kier molecular flexibility index (Phi) is 8.01. The SMILES string of the molecule is CCSC(CC=O)C(=O)N(C)CC1CCC(C(C)=O)CC1. The first-order valence-electron chi connectivity index (χ1n) is 7.80. The molecule has 0 aromatic rings. The van der Waals surface area contributed by atoms with Crippen molar-refractivity contribution in [2.75, 3.05) is 19.3 Å². The Hall–Kier alpha value is -0.840. The van der Waals surface area contributed by atoms with Gasteiger partial charge in [-0.1, -0.05) is 6.92 Å². The molecular formula is C16H27NO3S. The summed E-state index contributed by atoms with van der Waals surface area (Å²) in [6.45, 7) is 4.41. The zero-order chi connectivity index (χ0) is 15.8. The van der Waals surface area contributed by atoms with Crippen LogP contribution in [0.5, 0.6) is 0 Å². The van der Waals surface area contributed by atoms with Crippen molar-refractivity contribution in [2.45, 2.75) is 51.2 Å². The maximum absolute atomic E-state index is 12.4. The Labute approximate surface area is 132 Å². The molecule has 1 atom stereocenters. The van der Waals surface area contributed by atoms with Crippen molar-refractivity contribution in [1.29, 1.82) is 0 Å². The smallest absolute Gasteiger partial charge is 0.235 e. The number of ketones is 1. The quantitative estimate of drug-likeness (QED) is 0.646. The third kappa shape index (κ3) is 5.81. The lowest BCUT2D eigenvalue weighted by atomic mass is 9.80. The summed E-state index contributed by atoms with van der Waals surface area (Å²) in [7, 11) is 1.83. The molecule has 4 nitrogen and oxygen atoms in total. The molecule has 21 heavy (non-hydrogen) atoms. The maximum Gasteiger partial charge on any atom is 0.235 e. The van der Waals surface area contributed by atoms with E-state index in [1.165, 1.54) is 11.8 Å². The molecule has 1 fully saturated rings. The van der Waals surface area contributed by atoms with Gasteiger partial charge in [0.25, 0.3) is 0 Å². The van der Waals surface area contributed by atoms with E-state index in [1.807, 2.05) is 14.0 Å². The molecule has 1 saturated carbocycles. The summed E-state index contributed by atoms with van der Waals surface area (Å²) >= 11 is 1.54. The van der Waals surface area contributed by atoms with Gasteiger partial charge in [0, 0.05) is 25.9 Å². The van der Waals surface area contributed by atoms with Crippen LogP contribution in [0.15, 0.2) is 0 Å². The average Bonchev–Trinajstić information content (AvgIpc) is 2.46. The van der Waals surface area contributed by atoms with Crippen molar-refractivity contribution in [1.82, 2.24) is 4.90 Å². The largest absolute Gasteiger partial charge is 0.345 e. The molecular weight excluding hydrogens is 286 g/mol. The average molecular weight is 313 g/mol. The summed E-state index contributed by atoms with van der Waals surface area (Å²) in [4.78, 5) is 36.2. The van der Waals surface area contributed by atoms with E-state index in [0.717, 1.165) is 44.3 Å². The number of thioether (sulfide) groups is 1. The van der Waals surface area contributed by atoms with E-state index in [-0.39, 0.29) is 17.1 Å². The predicted octanol–water partition coefficient (Wildman–Crippen LogP) is 2.55. The van der Waals surface area contributed by atoms with Crippen LogP contribution in [0.3, 0.4) is 0 Å². The van der Waals surface area contributed by atoms with E-state index in [1.54, 1.807) is 11.8 Å². The van der Waals surface area contributed by atoms with Gasteiger partial charge >= 0.3 is 0 Å². The van der Waals surface area contributed by atoms with Crippen molar-refractivity contribution in [3.8, 4) is 0 Å². The van der Waals surface area contributed by atoms with Crippen molar-refractivity contribution in [2.24, 2.45) is 11.8 Å². The van der Waals surface area contributed by atoms with Gasteiger partial charge in [-0.05, 0) is 44.3 Å². The molecule has 1 aliphatic rings. The van der Waals surface area contributed by atoms with Crippen LogP contribution >= 0.6 is 11.8 Å². The number of hydrogen-bond acceptors (Lipinski definition) is 4. The van der Waals surface area contributed by atoms with E-state index in [9.17, 15) is 14.4 Å². The first kappa shape index (κ1) is 18.2. The first-order chi connectivity index (χ1) is 9.99. The molecule has 0 aromatic carbocycles. The molecule has 0 heterocycles. The Morgan fingerprint density at radius 3 is 2.38 bits per heavy atom. The van der Waals surface area contributed by atoms with Crippen molar-refractivity contribution in [3.63, 3.8) is 0 Å². The molecule has 1 amide bonds. The summed E-state index contributed by atoms with van der Waals surface area (Å²) in [6.07, 6.45) is 5.05. The van der Waals surface area contributed by atoms with Gasteiger partial charge in [-0.3, -0.25) is 9.59 Å². The summed E-state index contributed by atoms with van der Waals surface area (Å²) in [5.74, 6) is 1.90. The number of carbonyl (C=O) groups excluding carboxylic acids is 3. The number of amides is 1. The second-order valence-corrected chi connectivity index (χ2v) is 7.37. The fraction of sp³-hybridized carbons (Fsp3) is 0.812. The van der Waals surface area contributed by atoms with Crippen molar-refractivity contribution in [3.05, 3.63) is 0 Å². The lowest BCUT2D eigenvalue weighted by Gasteiger charge is -2.31. The lowest BCUT2D eigenvalue weighted by molar-refractivity contribution is -0.131. The molecule has 1 unspecified atom stereocenters. The van der Waals surface area contributed by atoms with Gasteiger partial charge in [0.15, 0.2) is 0 Å². The van der Waals surface area contributed by atoms with Crippen LogP contribution in [-0.2, 0) is 14.4 Å². The van der Waals surface area contributed by atoms with Gasteiger partial charge in [-0.25, -0.2) is 0 Å². The highest BCUT2D eigenvalue weighted by Crippen LogP contribution is 2.30. The molecule has 0 spiro atoms. The lowest BCUT2D eigenvalue weighted by Crippen LogP contribution is -2.39. The second-order valence-electron chi connectivity index (χ2n) is 5.89. The number of Topliss-reactive ketones (excluding diaryl/α,β-unsaturated/α-hetero) is 1. The molecule has 120 valence electrons. The van der Waals surface area contributed by atoms with Crippen LogP contribution in [-0.4, -0.2) is 47.5 Å². The molecule has 0 aromatic heterocycles. The minimum atomic E-state index is -0.244. The number of aldehydes is 1. The molecule has 5 heteroatoms. The van der Waals surface area contributed by atoms with Crippen LogP contribution < -0.4 is 0 Å². The van der Waals surface area contributed by atoms with Gasteiger partial charge in [-0.15, -0.1) is 11.8 Å². The topological polar surface area (TPSA) is 54.5 Å². The van der Waals surface area contributed by atoms with E-state index in [4.69, 9.17) is 0 Å². The standard InChI is InChI=1S/C16H27NO3S/c1-4-21-15(9-10-18)16(20)17(3)11-13-5-7-14(8-6-13)12(2)19/h10,13-15H,4-9,11H2,1-3H3. The maximum atomic E-state index is 12.4. The van der Waals surface area contributed by atoms with E-state index in [2.05, 4.69) is 0 Å². The van der Waals surface area contributed by atoms with E-state index < -0.39 is 0 Å². The molecule has 1 aliphatic carbocycles. The van der Waals surface area contributed by atoms with Crippen LogP contribution in [0.25, 0.3) is 0 Å². The predicted molar refractivity (Wildman–Crippen MR) is 86.4 cm³/mol. The third-order valence-electron chi connectivity index (χ3n) is 4.28. The molecule has 0 aliphatic heterocycles. The van der Waals surface area contributed by atoms with Gasteiger partial charge in [-0.2, -0.15) is 0 Å². The summed E-state index contributed by atoms with van der Waals surface area (Å²) in [6, 6.07) is 0. The number of carbonyl (C=O) groups is 3. The Morgan fingerprint density at radius 1 is 1.29 bits per heavy atom. The number of hydrogen-bond donors (Lipinski definition) is 0. The second kappa shape index (κ2) is 9.23. The van der Waals surface area contributed by atoms with Gasteiger partial charge < -0.3 is 9.69 Å². The fourth-order valence-corrected chi connectivity index (χ4v) is 3.94. The van der Waals surface area contributed by atoms with Crippen molar-refractivity contribution < 1.29 is 14.4 Å². The zero-order valence-electron chi connectivity index (χ0n) is 13.3. The molecule has 0 N–H and O–H groups in total. The molecule has 1 rings (SSSR count). The summed E-state index contributed by atoms with van der Waals surface area (Å²) in [5.41, 5.74) is 0. The summed E-state index contributed by atoms with van der Waals surface area (Å²) < 4.78 is 0. The number of rotatable bonds is 8. The minimum Gasteiger partial charge on any atom is -0.345 e. The van der Waals surface area contributed by atoms with Crippen LogP contribution in [0.1, 0.15) is 46.0 Å². The van der Waals surface area contributed by atoms with E-state index >= 15 is 0 Å². The van der Waals surface area contributed by atoms with Crippen LogP contribution in [0, 0.1) is 11.8 Å². The molecule has 0 radical (unpaired) electrons. The Balaban J connectivity index is 2.45. The van der Waals surface area contributed by atoms with Crippen molar-refractivity contribution >= 4 is 29.7 Å². The van der Waals surface area contributed by atoms with Gasteiger partial charge in [0.1, 0.15) is 12.1 Å². The highest BCUT2D eigenvalue weighted by molar-refractivity contribution is 8.00. The van der Waals surface area contributed by atoms with Gasteiger partial charge in [0.05, 0.1) is 5.25 Å². The monoisotopic (exact) mass is 313 g/mol. The third-order valence-corrected chi connectivity index (χ3v) is 5.41. The molecule has 0 saturated heterocycles. The fourth-order valence-electron chi connectivity index (χ4n) is 3.00. The highest BCUT2D eigenvalue weighted by atomic mass is 32.2. The molecule has 0 bridgehead atoms. The number of nitrogens with zero attached hydrogens (tertiary/aromatic N) is 1. The summed E-state index contributed by atoms with van der Waals surface area (Å²) in [5, 5.41) is -0.244. The van der Waals surface area contributed by atoms with Crippen LogP contribution in [0.4, 0.5) is 0 Å². The zero-order valence-corrected chi connectivity index (χ0v) is 14.2. The Morgan fingerprint density at radius 2 is 1.90 bits per heavy atom. The van der Waals surface area contributed by atoms with Crippen LogP contribution in [0.2, 0.25) is 0 Å². The Bertz CT molecular complexity index is 365. The van der Waals surface area contributed by atoms with E-state index in [0.29, 0.717) is 18.1 Å². The minimum absolute atomic E-state index is 0.0580.